The number of amides is 2. The van der Waals surface area contributed by atoms with Crippen molar-refractivity contribution in [3.05, 3.63) is 71.2 Å². The topological polar surface area (TPSA) is 79.5 Å². The lowest BCUT2D eigenvalue weighted by Crippen LogP contribution is -2.32. The zero-order valence-corrected chi connectivity index (χ0v) is 15.6. The molecule has 1 N–H and O–H groups in total. The maximum Gasteiger partial charge on any atom is 0.307 e. The minimum atomic E-state index is -0.466. The van der Waals surface area contributed by atoms with Gasteiger partial charge in [-0.05, 0) is 48.7 Å². The monoisotopic (exact) mass is 394 g/mol. The number of imide groups is 1. The largest absolute Gasteiger partial charge is 0.466 e. The molecule has 2 amide bonds. The number of fused-ring (bicyclic) bond motifs is 2. The molecule has 1 aromatic heterocycles. The fraction of sp³-hybridized carbons (Fsp3) is 0.227. The summed E-state index contributed by atoms with van der Waals surface area (Å²) in [4.78, 5) is 40.7. The zero-order valence-electron chi connectivity index (χ0n) is 15.6. The molecule has 2 aromatic carbocycles. The Balaban J connectivity index is 1.23. The van der Waals surface area contributed by atoms with Crippen molar-refractivity contribution in [2.45, 2.75) is 19.3 Å². The Morgan fingerprint density at radius 1 is 1.07 bits per heavy atom. The molecule has 0 bridgehead atoms. The summed E-state index contributed by atoms with van der Waals surface area (Å²) >= 11 is 0. The van der Waals surface area contributed by atoms with E-state index in [0.717, 1.165) is 21.4 Å². The highest BCUT2D eigenvalue weighted by atomic mass is 19.1. The van der Waals surface area contributed by atoms with Gasteiger partial charge in [0, 0.05) is 23.6 Å². The number of esters is 1. The van der Waals surface area contributed by atoms with E-state index < -0.39 is 5.97 Å². The van der Waals surface area contributed by atoms with Crippen LogP contribution < -0.4 is 0 Å². The van der Waals surface area contributed by atoms with Crippen LogP contribution in [0.25, 0.3) is 10.9 Å². The summed E-state index contributed by atoms with van der Waals surface area (Å²) < 4.78 is 18.6. The summed E-state index contributed by atoms with van der Waals surface area (Å²) in [6.07, 6.45) is 3.00. The molecule has 1 aliphatic rings. The maximum atomic E-state index is 13.4. The fourth-order valence-electron chi connectivity index (χ4n) is 3.52. The Morgan fingerprint density at radius 3 is 2.52 bits per heavy atom. The summed E-state index contributed by atoms with van der Waals surface area (Å²) in [5, 5.41) is 0.821. The number of aryl methyl sites for hydroxylation is 1. The van der Waals surface area contributed by atoms with E-state index in [-0.39, 0.29) is 37.2 Å². The predicted molar refractivity (Wildman–Crippen MR) is 104 cm³/mol. The van der Waals surface area contributed by atoms with Crippen LogP contribution in [0.2, 0.25) is 0 Å². The smallest absolute Gasteiger partial charge is 0.307 e. The summed E-state index contributed by atoms with van der Waals surface area (Å²) in [5.41, 5.74) is 2.54. The van der Waals surface area contributed by atoms with Crippen LogP contribution in [0.4, 0.5) is 4.39 Å². The second-order valence-corrected chi connectivity index (χ2v) is 6.89. The lowest BCUT2D eigenvalue weighted by atomic mass is 10.1. The van der Waals surface area contributed by atoms with E-state index in [4.69, 9.17) is 4.74 Å². The number of aromatic amines is 1. The van der Waals surface area contributed by atoms with Crippen LogP contribution in [0.5, 0.6) is 0 Å². The number of ether oxygens (including phenoxy) is 1. The number of nitrogens with one attached hydrogen (secondary N) is 1. The molecular formula is C22H19FN2O4. The van der Waals surface area contributed by atoms with Gasteiger partial charge >= 0.3 is 5.97 Å². The lowest BCUT2D eigenvalue weighted by molar-refractivity contribution is -0.143. The first-order chi connectivity index (χ1) is 14.0. The highest BCUT2D eigenvalue weighted by molar-refractivity contribution is 6.21. The second kappa shape index (κ2) is 7.87. The molecule has 0 spiro atoms. The number of hydrogen-bond acceptors (Lipinski definition) is 4. The molecule has 0 unspecified atom stereocenters. The normalized spacial score (nSPS) is 13.2. The Labute approximate surface area is 166 Å². The zero-order chi connectivity index (χ0) is 20.4. The van der Waals surface area contributed by atoms with Crippen molar-refractivity contribution >= 4 is 28.7 Å². The number of carbonyl (C=O) groups is 3. The second-order valence-electron chi connectivity index (χ2n) is 6.89. The van der Waals surface area contributed by atoms with Crippen LogP contribution in [0.3, 0.4) is 0 Å². The van der Waals surface area contributed by atoms with Gasteiger partial charge in [-0.25, -0.2) is 4.39 Å². The third kappa shape index (κ3) is 3.76. The molecule has 0 aliphatic carbocycles. The first-order valence-corrected chi connectivity index (χ1v) is 9.41. The van der Waals surface area contributed by atoms with Gasteiger partial charge < -0.3 is 9.72 Å². The van der Waals surface area contributed by atoms with E-state index in [0.29, 0.717) is 24.0 Å². The first-order valence-electron chi connectivity index (χ1n) is 9.41. The maximum absolute atomic E-state index is 13.4. The number of rotatable bonds is 7. The summed E-state index contributed by atoms with van der Waals surface area (Å²) in [5.74, 6) is -1.53. The van der Waals surface area contributed by atoms with E-state index in [1.54, 1.807) is 30.3 Å². The number of benzene rings is 2. The molecule has 0 saturated heterocycles. The number of nitrogens with zero attached hydrogens (tertiary/aromatic N) is 1. The molecule has 0 atom stereocenters. The SMILES string of the molecule is O=C(CCN1C(=O)c2ccccc2C1=O)OCCCc1c[nH]c2ccc(F)cc12. The van der Waals surface area contributed by atoms with Gasteiger partial charge in [0.05, 0.1) is 24.2 Å². The standard InChI is InChI=1S/C22H19FN2O4/c23-15-7-8-19-18(12-15)14(13-24-19)4-3-11-29-20(26)9-10-25-21(27)16-5-1-2-6-17(16)22(25)28/h1-2,5-8,12-13,24H,3-4,9-11H2. The minimum absolute atomic E-state index is 0.00704. The van der Waals surface area contributed by atoms with E-state index in [1.807, 2.05) is 6.20 Å². The van der Waals surface area contributed by atoms with Gasteiger partial charge in [0.15, 0.2) is 0 Å². The number of H-pyrrole nitrogens is 1. The van der Waals surface area contributed by atoms with E-state index in [2.05, 4.69) is 4.98 Å². The van der Waals surface area contributed by atoms with Gasteiger partial charge in [-0.2, -0.15) is 0 Å². The van der Waals surface area contributed by atoms with Gasteiger partial charge in [-0.1, -0.05) is 12.1 Å². The highest BCUT2D eigenvalue weighted by Crippen LogP contribution is 2.23. The van der Waals surface area contributed by atoms with Crippen molar-refractivity contribution in [3.8, 4) is 0 Å². The molecule has 0 radical (unpaired) electrons. The molecule has 0 saturated carbocycles. The number of hydrogen-bond donors (Lipinski definition) is 1. The van der Waals surface area contributed by atoms with Crippen LogP contribution >= 0.6 is 0 Å². The van der Waals surface area contributed by atoms with Gasteiger partial charge in [-0.15, -0.1) is 0 Å². The average molecular weight is 394 g/mol. The quantitative estimate of drug-likeness (QED) is 0.378. The highest BCUT2D eigenvalue weighted by Gasteiger charge is 2.35. The molecule has 6 nitrogen and oxygen atoms in total. The van der Waals surface area contributed by atoms with Gasteiger partial charge in [-0.3, -0.25) is 19.3 Å². The van der Waals surface area contributed by atoms with Gasteiger partial charge in [0.25, 0.3) is 11.8 Å². The predicted octanol–water partition coefficient (Wildman–Crippen LogP) is 3.47. The molecule has 29 heavy (non-hydrogen) atoms. The average Bonchev–Trinajstić information content (AvgIpc) is 3.23. The van der Waals surface area contributed by atoms with Crippen LogP contribution in [-0.2, 0) is 16.0 Å². The molecule has 2 heterocycles. The van der Waals surface area contributed by atoms with Crippen molar-refractivity contribution in [1.29, 1.82) is 0 Å². The molecule has 0 fully saturated rings. The van der Waals surface area contributed by atoms with Crippen LogP contribution in [-0.4, -0.2) is 40.8 Å². The summed E-state index contributed by atoms with van der Waals surface area (Å²) in [7, 11) is 0. The van der Waals surface area contributed by atoms with Gasteiger partial charge in [0.1, 0.15) is 5.82 Å². The first kappa shape index (κ1) is 18.9. The van der Waals surface area contributed by atoms with Crippen molar-refractivity contribution in [2.75, 3.05) is 13.2 Å². The molecule has 1 aliphatic heterocycles. The van der Waals surface area contributed by atoms with Crippen LogP contribution in [0.1, 0.15) is 39.1 Å². The number of aromatic nitrogens is 1. The summed E-state index contributed by atoms with van der Waals surface area (Å²) in [6, 6.07) is 11.2. The lowest BCUT2D eigenvalue weighted by Gasteiger charge is -2.13. The number of carbonyl (C=O) groups excluding carboxylic acids is 3. The third-order valence-corrected chi connectivity index (χ3v) is 5.00. The molecule has 4 rings (SSSR count). The van der Waals surface area contributed by atoms with E-state index in [1.165, 1.54) is 12.1 Å². The van der Waals surface area contributed by atoms with Crippen molar-refractivity contribution in [1.82, 2.24) is 9.88 Å². The molecule has 148 valence electrons. The van der Waals surface area contributed by atoms with Crippen LogP contribution in [0, 0.1) is 5.82 Å². The van der Waals surface area contributed by atoms with Gasteiger partial charge in [0.2, 0.25) is 0 Å². The fourth-order valence-corrected chi connectivity index (χ4v) is 3.52. The Hall–Kier alpha value is -3.48. The Morgan fingerprint density at radius 2 is 1.79 bits per heavy atom. The molecular weight excluding hydrogens is 375 g/mol. The minimum Gasteiger partial charge on any atom is -0.466 e. The van der Waals surface area contributed by atoms with Crippen molar-refractivity contribution in [2.24, 2.45) is 0 Å². The van der Waals surface area contributed by atoms with Crippen molar-refractivity contribution < 1.29 is 23.5 Å². The Kier molecular flexibility index (Phi) is 5.12. The van der Waals surface area contributed by atoms with E-state index >= 15 is 0 Å². The number of halogens is 1. The molecule has 3 aromatic rings. The Bertz CT molecular complexity index is 1070. The molecule has 7 heteroatoms. The van der Waals surface area contributed by atoms with E-state index in [9.17, 15) is 18.8 Å². The third-order valence-electron chi connectivity index (χ3n) is 5.00. The van der Waals surface area contributed by atoms with Crippen molar-refractivity contribution in [3.63, 3.8) is 0 Å². The van der Waals surface area contributed by atoms with Crippen LogP contribution in [0.15, 0.2) is 48.7 Å². The summed E-state index contributed by atoms with van der Waals surface area (Å²) in [6.45, 7) is 0.204.